The van der Waals surface area contributed by atoms with E-state index >= 15 is 0 Å². The van der Waals surface area contributed by atoms with Crippen molar-refractivity contribution in [2.75, 3.05) is 6.61 Å². The standard InChI is InChI=1S/C28H49NO2/c1-3-4-5-6-7-8-9-10-11-12-13-14-15-16-17-18-19-20-21-22-23-24-27(28(29)31)26(2)25-30/h26-27,30H,3-13,18-25H2,1-2H3,(H2,29,31). The minimum Gasteiger partial charge on any atom is -0.396 e. The van der Waals surface area contributed by atoms with E-state index in [-0.39, 0.29) is 24.3 Å². The maximum atomic E-state index is 11.4. The first-order chi connectivity index (χ1) is 15.1. The van der Waals surface area contributed by atoms with Gasteiger partial charge in [-0.2, -0.15) is 0 Å². The van der Waals surface area contributed by atoms with Crippen molar-refractivity contribution in [1.82, 2.24) is 0 Å². The molecule has 0 heterocycles. The van der Waals surface area contributed by atoms with Crippen molar-refractivity contribution in [1.29, 1.82) is 0 Å². The highest BCUT2D eigenvalue weighted by Gasteiger charge is 2.21. The molecule has 0 rings (SSSR count). The molecule has 0 aromatic heterocycles. The fourth-order valence-electron chi connectivity index (χ4n) is 3.86. The molecular formula is C28H49NO2. The Morgan fingerprint density at radius 3 is 1.58 bits per heavy atom. The van der Waals surface area contributed by atoms with Gasteiger partial charge in [-0.1, -0.05) is 109 Å². The maximum absolute atomic E-state index is 11.4. The number of aliphatic hydroxyl groups is 1. The maximum Gasteiger partial charge on any atom is 0.220 e. The van der Waals surface area contributed by atoms with E-state index in [1.165, 1.54) is 64.2 Å². The van der Waals surface area contributed by atoms with Crippen molar-refractivity contribution in [2.45, 2.75) is 129 Å². The quantitative estimate of drug-likeness (QED) is 0.165. The fraction of sp³-hybridized carbons (Fsp3) is 0.821. The Balaban J connectivity index is 3.47. The molecule has 0 spiro atoms. The van der Waals surface area contributed by atoms with Gasteiger partial charge < -0.3 is 10.8 Å². The number of hydrogen-bond donors (Lipinski definition) is 2. The van der Waals surface area contributed by atoms with Crippen LogP contribution in [0.2, 0.25) is 0 Å². The summed E-state index contributed by atoms with van der Waals surface area (Å²) in [5, 5.41) is 9.20. The molecule has 178 valence electrons. The van der Waals surface area contributed by atoms with Gasteiger partial charge >= 0.3 is 0 Å². The van der Waals surface area contributed by atoms with Crippen molar-refractivity contribution >= 4 is 5.91 Å². The lowest BCUT2D eigenvalue weighted by molar-refractivity contribution is -0.124. The Hall–Kier alpha value is -1.45. The highest BCUT2D eigenvalue weighted by Crippen LogP contribution is 2.19. The lowest BCUT2D eigenvalue weighted by Gasteiger charge is -2.18. The Morgan fingerprint density at radius 1 is 0.742 bits per heavy atom. The summed E-state index contributed by atoms with van der Waals surface area (Å²) in [4.78, 5) is 11.4. The molecule has 0 fully saturated rings. The Labute approximate surface area is 193 Å². The van der Waals surface area contributed by atoms with Crippen molar-refractivity contribution in [3.63, 3.8) is 0 Å². The first-order valence-corrected chi connectivity index (χ1v) is 13.0. The SMILES string of the molecule is CCCCCCCCCCCCC#CC#CCCCCCCCC(C(N)=O)C(C)CO. The van der Waals surface area contributed by atoms with Crippen LogP contribution >= 0.6 is 0 Å². The predicted molar refractivity (Wildman–Crippen MR) is 133 cm³/mol. The van der Waals surface area contributed by atoms with Gasteiger partial charge in [0, 0.05) is 25.4 Å². The van der Waals surface area contributed by atoms with Crippen LogP contribution in [0.4, 0.5) is 0 Å². The summed E-state index contributed by atoms with van der Waals surface area (Å²) < 4.78 is 0. The zero-order valence-corrected chi connectivity index (χ0v) is 20.5. The summed E-state index contributed by atoms with van der Waals surface area (Å²) in [7, 11) is 0. The van der Waals surface area contributed by atoms with Crippen LogP contribution in [-0.4, -0.2) is 17.6 Å². The summed E-state index contributed by atoms with van der Waals surface area (Å²) in [6.07, 6.45) is 21.8. The largest absolute Gasteiger partial charge is 0.396 e. The van der Waals surface area contributed by atoms with Gasteiger partial charge in [0.25, 0.3) is 0 Å². The molecule has 0 saturated heterocycles. The number of primary amides is 1. The van der Waals surface area contributed by atoms with Crippen LogP contribution in [0.5, 0.6) is 0 Å². The van der Waals surface area contributed by atoms with E-state index in [9.17, 15) is 9.90 Å². The summed E-state index contributed by atoms with van der Waals surface area (Å²) in [6, 6.07) is 0. The van der Waals surface area contributed by atoms with Gasteiger partial charge in [-0.25, -0.2) is 0 Å². The second kappa shape index (κ2) is 23.2. The van der Waals surface area contributed by atoms with E-state index < -0.39 is 0 Å². The number of rotatable bonds is 20. The number of aliphatic hydroxyl groups excluding tert-OH is 1. The van der Waals surface area contributed by atoms with Gasteiger partial charge in [0.1, 0.15) is 0 Å². The normalized spacial score (nSPS) is 12.4. The molecule has 3 N–H and O–H groups in total. The van der Waals surface area contributed by atoms with Gasteiger partial charge in [-0.3, -0.25) is 4.79 Å². The smallest absolute Gasteiger partial charge is 0.220 e. The molecule has 2 unspecified atom stereocenters. The van der Waals surface area contributed by atoms with E-state index in [0.29, 0.717) is 0 Å². The fourth-order valence-corrected chi connectivity index (χ4v) is 3.86. The third-order valence-corrected chi connectivity index (χ3v) is 6.05. The van der Waals surface area contributed by atoms with Gasteiger partial charge in [0.2, 0.25) is 5.91 Å². The summed E-state index contributed by atoms with van der Waals surface area (Å²) in [5.74, 6) is 11.8. The number of unbranched alkanes of at least 4 members (excludes halogenated alkanes) is 15. The molecule has 3 nitrogen and oxygen atoms in total. The molecule has 3 heteroatoms. The molecule has 31 heavy (non-hydrogen) atoms. The molecule has 0 radical (unpaired) electrons. The minimum atomic E-state index is -0.286. The van der Waals surface area contributed by atoms with Crippen LogP contribution in [0.1, 0.15) is 129 Å². The van der Waals surface area contributed by atoms with E-state index in [1.54, 1.807) is 0 Å². The van der Waals surface area contributed by atoms with E-state index in [2.05, 4.69) is 30.6 Å². The van der Waals surface area contributed by atoms with Crippen LogP contribution in [0.15, 0.2) is 0 Å². The Bertz CT molecular complexity index is 535. The van der Waals surface area contributed by atoms with Crippen molar-refractivity contribution in [3.05, 3.63) is 0 Å². The third-order valence-electron chi connectivity index (χ3n) is 6.05. The highest BCUT2D eigenvalue weighted by molar-refractivity contribution is 5.76. The van der Waals surface area contributed by atoms with Crippen LogP contribution in [-0.2, 0) is 4.79 Å². The molecule has 0 saturated carbocycles. The van der Waals surface area contributed by atoms with Crippen LogP contribution in [0.3, 0.4) is 0 Å². The summed E-state index contributed by atoms with van der Waals surface area (Å²) in [6.45, 7) is 4.17. The Kier molecular flexibility index (Phi) is 22.1. The lowest BCUT2D eigenvalue weighted by Crippen LogP contribution is -2.30. The Morgan fingerprint density at radius 2 is 1.16 bits per heavy atom. The van der Waals surface area contributed by atoms with Crippen LogP contribution < -0.4 is 5.73 Å². The summed E-state index contributed by atoms with van der Waals surface area (Å²) >= 11 is 0. The number of amides is 1. The average molecular weight is 432 g/mol. The van der Waals surface area contributed by atoms with E-state index in [0.717, 1.165) is 51.4 Å². The number of hydrogen-bond acceptors (Lipinski definition) is 2. The lowest BCUT2D eigenvalue weighted by atomic mass is 9.89. The molecule has 0 aliphatic heterocycles. The van der Waals surface area contributed by atoms with Crippen LogP contribution in [0, 0.1) is 35.5 Å². The summed E-state index contributed by atoms with van der Waals surface area (Å²) in [5.41, 5.74) is 5.43. The molecule has 1 amide bonds. The molecular weight excluding hydrogens is 382 g/mol. The van der Waals surface area contributed by atoms with Crippen LogP contribution in [0.25, 0.3) is 0 Å². The van der Waals surface area contributed by atoms with Crippen molar-refractivity contribution < 1.29 is 9.90 Å². The highest BCUT2D eigenvalue weighted by atomic mass is 16.3. The second-order valence-corrected chi connectivity index (χ2v) is 9.01. The molecule has 0 aromatic rings. The van der Waals surface area contributed by atoms with E-state index in [4.69, 9.17) is 5.73 Å². The van der Waals surface area contributed by atoms with Gasteiger partial charge in [-0.15, -0.1) is 0 Å². The number of carbonyl (C=O) groups is 1. The molecule has 0 aliphatic carbocycles. The van der Waals surface area contributed by atoms with Gasteiger partial charge in [-0.05, 0) is 37.0 Å². The van der Waals surface area contributed by atoms with Crippen molar-refractivity contribution in [3.8, 4) is 23.7 Å². The zero-order chi connectivity index (χ0) is 23.0. The number of nitrogens with two attached hydrogens (primary N) is 1. The molecule has 0 aromatic carbocycles. The first-order valence-electron chi connectivity index (χ1n) is 13.0. The predicted octanol–water partition coefficient (Wildman–Crippen LogP) is 6.76. The van der Waals surface area contributed by atoms with Crippen molar-refractivity contribution in [2.24, 2.45) is 17.6 Å². The van der Waals surface area contributed by atoms with Gasteiger partial charge in [0.15, 0.2) is 0 Å². The monoisotopic (exact) mass is 431 g/mol. The minimum absolute atomic E-state index is 0.0222. The molecule has 0 bridgehead atoms. The zero-order valence-electron chi connectivity index (χ0n) is 20.5. The van der Waals surface area contributed by atoms with E-state index in [1.807, 2.05) is 6.92 Å². The topological polar surface area (TPSA) is 63.3 Å². The molecule has 2 atom stereocenters. The first kappa shape index (κ1) is 29.5. The average Bonchev–Trinajstić information content (AvgIpc) is 2.76. The van der Waals surface area contributed by atoms with Gasteiger partial charge in [0.05, 0.1) is 0 Å². The molecule has 0 aliphatic rings. The number of carbonyl (C=O) groups excluding carboxylic acids is 1. The second-order valence-electron chi connectivity index (χ2n) is 9.01. The third kappa shape index (κ3) is 20.2.